The molecule has 0 aliphatic heterocycles. The van der Waals surface area contributed by atoms with Gasteiger partial charge in [0.05, 0.1) is 17.9 Å². The summed E-state index contributed by atoms with van der Waals surface area (Å²) in [6.45, 7) is 0.190. The fourth-order valence-electron chi connectivity index (χ4n) is 3.80. The van der Waals surface area contributed by atoms with Gasteiger partial charge in [-0.05, 0) is 17.7 Å². The van der Waals surface area contributed by atoms with Crippen molar-refractivity contribution in [2.45, 2.75) is 6.54 Å². The molecule has 0 aliphatic rings. The first-order valence-electron chi connectivity index (χ1n) is 11.0. The number of rotatable bonds is 6. The smallest absolute Gasteiger partial charge is 0.280 e. The molecule has 8 heteroatoms. The molecule has 0 saturated carbocycles. The lowest BCUT2D eigenvalue weighted by atomic mass is 9.95. The van der Waals surface area contributed by atoms with Crippen LogP contribution in [0.3, 0.4) is 0 Å². The number of benzene rings is 2. The van der Waals surface area contributed by atoms with Gasteiger partial charge in [-0.1, -0.05) is 60.7 Å². The first-order chi connectivity index (χ1) is 17.1. The number of aromatic nitrogens is 4. The van der Waals surface area contributed by atoms with Gasteiger partial charge in [0.2, 0.25) is 0 Å². The fourth-order valence-corrected chi connectivity index (χ4v) is 4.61. The van der Waals surface area contributed by atoms with Gasteiger partial charge in [0, 0.05) is 41.5 Å². The standard InChI is InChI=1S/C27H21N5O2S/c1-32-27(34)23(25(33)29-16-21-17-35-26(30-21)20-13-8-14-28-15-20)22(18-9-4-2-5-10-18)24(31-32)19-11-6-3-7-12-19/h2-15,17H,16H2,1H3,(H,29,33). The molecule has 0 spiro atoms. The summed E-state index contributed by atoms with van der Waals surface area (Å²) >= 11 is 1.48. The Morgan fingerprint density at radius 1 is 0.943 bits per heavy atom. The van der Waals surface area contributed by atoms with E-state index >= 15 is 0 Å². The lowest BCUT2D eigenvalue weighted by Crippen LogP contribution is -2.34. The number of hydrogen-bond donors (Lipinski definition) is 1. The minimum Gasteiger partial charge on any atom is -0.346 e. The molecule has 1 amide bonds. The predicted octanol–water partition coefficient (Wildman–Crippen LogP) is 4.56. The van der Waals surface area contributed by atoms with Crippen molar-refractivity contribution in [3.63, 3.8) is 0 Å². The van der Waals surface area contributed by atoms with Gasteiger partial charge >= 0.3 is 0 Å². The van der Waals surface area contributed by atoms with Gasteiger partial charge in [-0.3, -0.25) is 14.6 Å². The third-order valence-electron chi connectivity index (χ3n) is 5.47. The molecule has 0 radical (unpaired) electrons. The van der Waals surface area contributed by atoms with Gasteiger partial charge in [0.1, 0.15) is 10.6 Å². The maximum absolute atomic E-state index is 13.5. The number of pyridine rings is 1. The topological polar surface area (TPSA) is 89.8 Å². The van der Waals surface area contributed by atoms with Crippen molar-refractivity contribution in [1.29, 1.82) is 0 Å². The molecule has 3 aromatic heterocycles. The SMILES string of the molecule is Cn1nc(-c2ccccc2)c(-c2ccccc2)c(C(=O)NCc2csc(-c3cccnc3)n2)c1=O. The molecule has 2 aromatic carbocycles. The third-order valence-corrected chi connectivity index (χ3v) is 6.41. The summed E-state index contributed by atoms with van der Waals surface area (Å²) < 4.78 is 1.22. The summed E-state index contributed by atoms with van der Waals surface area (Å²) in [5.41, 5.74) is 3.84. The van der Waals surface area contributed by atoms with E-state index in [4.69, 9.17) is 0 Å². The van der Waals surface area contributed by atoms with Crippen molar-refractivity contribution in [2.75, 3.05) is 0 Å². The second kappa shape index (κ2) is 9.82. The van der Waals surface area contributed by atoms with Crippen molar-refractivity contribution in [2.24, 2.45) is 7.05 Å². The highest BCUT2D eigenvalue weighted by Gasteiger charge is 2.24. The molecule has 5 rings (SSSR count). The average Bonchev–Trinajstić information content (AvgIpc) is 3.39. The van der Waals surface area contributed by atoms with Crippen molar-refractivity contribution in [3.8, 4) is 33.0 Å². The summed E-state index contributed by atoms with van der Waals surface area (Å²) in [4.78, 5) is 35.4. The normalized spacial score (nSPS) is 10.8. The van der Waals surface area contributed by atoms with E-state index in [0.717, 1.165) is 21.7 Å². The van der Waals surface area contributed by atoms with E-state index in [2.05, 4.69) is 20.4 Å². The van der Waals surface area contributed by atoms with Gasteiger partial charge in [0.15, 0.2) is 0 Å². The van der Waals surface area contributed by atoms with E-state index in [9.17, 15) is 9.59 Å². The molecule has 0 aliphatic carbocycles. The number of carbonyl (C=O) groups excluding carboxylic acids is 1. The Bertz CT molecular complexity index is 1530. The van der Waals surface area contributed by atoms with E-state index in [-0.39, 0.29) is 12.1 Å². The highest BCUT2D eigenvalue weighted by molar-refractivity contribution is 7.13. The summed E-state index contributed by atoms with van der Waals surface area (Å²) in [5, 5.41) is 10.1. The highest BCUT2D eigenvalue weighted by atomic mass is 32.1. The molecule has 1 N–H and O–H groups in total. The van der Waals surface area contributed by atoms with Crippen LogP contribution in [0.25, 0.3) is 33.0 Å². The first kappa shape index (κ1) is 22.4. The van der Waals surface area contributed by atoms with Gasteiger partial charge in [-0.25, -0.2) is 9.67 Å². The van der Waals surface area contributed by atoms with Crippen LogP contribution < -0.4 is 10.9 Å². The third kappa shape index (κ3) is 4.64. The summed E-state index contributed by atoms with van der Waals surface area (Å²) in [5.74, 6) is -0.472. The molecule has 3 heterocycles. The quantitative estimate of drug-likeness (QED) is 0.386. The summed E-state index contributed by atoms with van der Waals surface area (Å²) in [6, 6.07) is 22.7. The number of carbonyl (C=O) groups is 1. The summed E-state index contributed by atoms with van der Waals surface area (Å²) in [7, 11) is 1.56. The Morgan fingerprint density at radius 3 is 2.31 bits per heavy atom. The van der Waals surface area contributed by atoms with E-state index in [0.29, 0.717) is 17.0 Å². The second-order valence-electron chi connectivity index (χ2n) is 7.83. The number of amides is 1. The first-order valence-corrected chi connectivity index (χ1v) is 11.8. The molecule has 0 fully saturated rings. The Hall–Kier alpha value is -4.43. The van der Waals surface area contributed by atoms with E-state index in [1.54, 1.807) is 19.4 Å². The molecule has 0 atom stereocenters. The molecule has 0 saturated heterocycles. The molecule has 5 aromatic rings. The Kier molecular flexibility index (Phi) is 6.28. The van der Waals surface area contributed by atoms with Gasteiger partial charge in [-0.15, -0.1) is 11.3 Å². The molecule has 172 valence electrons. The van der Waals surface area contributed by atoms with Crippen molar-refractivity contribution in [3.05, 3.63) is 112 Å². The minimum atomic E-state index is -0.472. The number of thiazole rings is 1. The highest BCUT2D eigenvalue weighted by Crippen LogP contribution is 2.32. The van der Waals surface area contributed by atoms with Crippen LogP contribution >= 0.6 is 11.3 Å². The molecule has 7 nitrogen and oxygen atoms in total. The van der Waals surface area contributed by atoms with Crippen LogP contribution in [0.15, 0.2) is 95.4 Å². The van der Waals surface area contributed by atoms with Gasteiger partial charge < -0.3 is 5.32 Å². The summed E-state index contributed by atoms with van der Waals surface area (Å²) in [6.07, 6.45) is 3.46. The van der Waals surface area contributed by atoms with Crippen LogP contribution in [0.4, 0.5) is 0 Å². The van der Waals surface area contributed by atoms with E-state index in [1.807, 2.05) is 78.2 Å². The lowest BCUT2D eigenvalue weighted by Gasteiger charge is -2.15. The minimum absolute atomic E-state index is 0.0512. The number of aryl methyl sites for hydroxylation is 1. The Morgan fingerprint density at radius 2 is 1.63 bits per heavy atom. The predicted molar refractivity (Wildman–Crippen MR) is 137 cm³/mol. The van der Waals surface area contributed by atoms with Crippen LogP contribution in [0, 0.1) is 0 Å². The fraction of sp³-hybridized carbons (Fsp3) is 0.0741. The lowest BCUT2D eigenvalue weighted by molar-refractivity contribution is 0.0949. The zero-order chi connectivity index (χ0) is 24.2. The molecule has 35 heavy (non-hydrogen) atoms. The molecule has 0 unspecified atom stereocenters. The monoisotopic (exact) mass is 479 g/mol. The van der Waals surface area contributed by atoms with Crippen molar-refractivity contribution >= 4 is 17.2 Å². The molecular formula is C27H21N5O2S. The average molecular weight is 480 g/mol. The molecule has 0 bridgehead atoms. The number of nitrogens with zero attached hydrogens (tertiary/aromatic N) is 4. The maximum Gasteiger partial charge on any atom is 0.280 e. The van der Waals surface area contributed by atoms with Crippen LogP contribution in [-0.2, 0) is 13.6 Å². The van der Waals surface area contributed by atoms with Gasteiger partial charge in [-0.2, -0.15) is 5.10 Å². The zero-order valence-electron chi connectivity index (χ0n) is 18.9. The number of nitrogens with one attached hydrogen (secondary N) is 1. The zero-order valence-corrected chi connectivity index (χ0v) is 19.7. The maximum atomic E-state index is 13.5. The van der Waals surface area contributed by atoms with Crippen molar-refractivity contribution < 1.29 is 4.79 Å². The molecular weight excluding hydrogens is 458 g/mol. The van der Waals surface area contributed by atoms with Crippen LogP contribution in [0.2, 0.25) is 0 Å². The van der Waals surface area contributed by atoms with E-state index < -0.39 is 11.5 Å². The second-order valence-corrected chi connectivity index (χ2v) is 8.69. The Balaban J connectivity index is 1.53. The van der Waals surface area contributed by atoms with Crippen molar-refractivity contribution in [1.82, 2.24) is 25.1 Å². The van der Waals surface area contributed by atoms with Gasteiger partial charge in [0.25, 0.3) is 11.5 Å². The van der Waals surface area contributed by atoms with Crippen LogP contribution in [0.1, 0.15) is 16.1 Å². The van der Waals surface area contributed by atoms with Crippen LogP contribution in [0.5, 0.6) is 0 Å². The number of hydrogen-bond acceptors (Lipinski definition) is 6. The Labute approximate surface area is 205 Å². The van der Waals surface area contributed by atoms with E-state index in [1.165, 1.54) is 16.0 Å². The van der Waals surface area contributed by atoms with Crippen LogP contribution in [-0.4, -0.2) is 25.7 Å². The largest absolute Gasteiger partial charge is 0.346 e.